The first-order valence-corrected chi connectivity index (χ1v) is 10.6. The monoisotopic (exact) mass is 438 g/mol. The number of halogens is 1. The Hall–Kier alpha value is -3.52. The molecule has 1 aliphatic rings. The van der Waals surface area contributed by atoms with E-state index < -0.39 is 0 Å². The zero-order valence-corrected chi connectivity index (χ0v) is 18.0. The molecule has 0 saturated carbocycles. The maximum Gasteiger partial charge on any atom is 0.319 e. The molecule has 1 atom stereocenters. The first-order valence-electron chi connectivity index (χ1n) is 10.6. The predicted octanol–water partition coefficient (Wildman–Crippen LogP) is 4.11. The number of carbonyl (C=O) groups excluding carboxylic acids is 1. The number of carbonyl (C=O) groups is 1. The number of piperazine rings is 1. The second-order valence-corrected chi connectivity index (χ2v) is 7.57. The quantitative estimate of drug-likeness (QED) is 0.581. The molecule has 8 heteroatoms. The first-order chi connectivity index (χ1) is 15.6. The molecule has 0 aliphatic carbocycles. The number of benzene rings is 2. The number of urea groups is 1. The topological polar surface area (TPSA) is 70.0 Å². The minimum absolute atomic E-state index is 0.0937. The highest BCUT2D eigenvalue weighted by molar-refractivity contribution is 5.90. The SMILES string of the molecule is COc1ccccc1NC(=O)NCC(c1ccco1)N1CCN(c2ccc(F)cc2)CC1. The van der Waals surface area contributed by atoms with Gasteiger partial charge in [-0.1, -0.05) is 12.1 Å². The van der Waals surface area contributed by atoms with Crippen molar-refractivity contribution in [2.45, 2.75) is 6.04 Å². The maximum absolute atomic E-state index is 13.2. The fraction of sp³-hybridized carbons (Fsp3) is 0.292. The van der Waals surface area contributed by atoms with Crippen LogP contribution in [0.4, 0.5) is 20.6 Å². The molecule has 2 aromatic carbocycles. The van der Waals surface area contributed by atoms with Crippen molar-refractivity contribution in [3.05, 3.63) is 78.5 Å². The molecule has 2 amide bonds. The van der Waals surface area contributed by atoms with Crippen LogP contribution in [0.3, 0.4) is 0 Å². The van der Waals surface area contributed by atoms with Crippen LogP contribution in [-0.4, -0.2) is 50.8 Å². The summed E-state index contributed by atoms with van der Waals surface area (Å²) in [6.45, 7) is 3.58. The number of amides is 2. The number of rotatable bonds is 7. The second-order valence-electron chi connectivity index (χ2n) is 7.57. The molecule has 2 N–H and O–H groups in total. The minimum Gasteiger partial charge on any atom is -0.495 e. The molecule has 3 aromatic rings. The average Bonchev–Trinajstić information content (AvgIpc) is 3.35. The summed E-state index contributed by atoms with van der Waals surface area (Å²) in [6.07, 6.45) is 1.64. The molecule has 32 heavy (non-hydrogen) atoms. The van der Waals surface area contributed by atoms with Crippen molar-refractivity contribution in [2.24, 2.45) is 0 Å². The van der Waals surface area contributed by atoms with E-state index in [0.717, 1.165) is 37.6 Å². The summed E-state index contributed by atoms with van der Waals surface area (Å²) < 4.78 is 24.2. The number of methoxy groups -OCH3 is 1. The first kappa shape index (κ1) is 21.7. The molecule has 0 radical (unpaired) electrons. The second kappa shape index (κ2) is 10.2. The highest BCUT2D eigenvalue weighted by Gasteiger charge is 2.27. The summed E-state index contributed by atoms with van der Waals surface area (Å²) in [5.41, 5.74) is 1.62. The standard InChI is InChI=1S/C24H27FN4O3/c1-31-22-6-3-2-5-20(22)27-24(30)26-17-21(23-7-4-16-32-23)29-14-12-28(13-15-29)19-10-8-18(25)9-11-19/h2-11,16,21H,12-15,17H2,1H3,(H2,26,27,30). The number of nitrogens with one attached hydrogen (secondary N) is 2. The van der Waals surface area contributed by atoms with E-state index in [4.69, 9.17) is 9.15 Å². The zero-order valence-electron chi connectivity index (χ0n) is 18.0. The van der Waals surface area contributed by atoms with Gasteiger partial charge in [0.25, 0.3) is 0 Å². The lowest BCUT2D eigenvalue weighted by atomic mass is 10.1. The van der Waals surface area contributed by atoms with Crippen LogP contribution in [0.25, 0.3) is 0 Å². The van der Waals surface area contributed by atoms with Gasteiger partial charge in [0.1, 0.15) is 17.3 Å². The lowest BCUT2D eigenvalue weighted by Crippen LogP contribution is -2.50. The summed E-state index contributed by atoms with van der Waals surface area (Å²) in [5, 5.41) is 5.79. The summed E-state index contributed by atoms with van der Waals surface area (Å²) in [4.78, 5) is 17.1. The summed E-state index contributed by atoms with van der Waals surface area (Å²) in [5.74, 6) is 1.17. The molecular weight excluding hydrogens is 411 g/mol. The van der Waals surface area contributed by atoms with Crippen LogP contribution in [0.15, 0.2) is 71.3 Å². The number of furan rings is 1. The number of nitrogens with zero attached hydrogens (tertiary/aromatic N) is 2. The zero-order chi connectivity index (χ0) is 22.3. The Labute approximate surface area is 186 Å². The van der Waals surface area contributed by atoms with E-state index in [-0.39, 0.29) is 17.9 Å². The van der Waals surface area contributed by atoms with Gasteiger partial charge in [0, 0.05) is 38.4 Å². The molecule has 1 aromatic heterocycles. The molecule has 1 fully saturated rings. The number of para-hydroxylation sites is 2. The van der Waals surface area contributed by atoms with Crippen molar-refractivity contribution in [1.82, 2.24) is 10.2 Å². The molecule has 168 valence electrons. The molecular formula is C24H27FN4O3. The molecule has 1 aliphatic heterocycles. The molecule has 0 bridgehead atoms. The summed E-state index contributed by atoms with van der Waals surface area (Å²) in [6, 6.07) is 17.2. The predicted molar refractivity (Wildman–Crippen MR) is 122 cm³/mol. The third-order valence-corrected chi connectivity index (χ3v) is 5.63. The van der Waals surface area contributed by atoms with Gasteiger partial charge in [-0.3, -0.25) is 4.90 Å². The van der Waals surface area contributed by atoms with Crippen LogP contribution in [0.1, 0.15) is 11.8 Å². The van der Waals surface area contributed by atoms with Crippen LogP contribution in [0, 0.1) is 5.82 Å². The van der Waals surface area contributed by atoms with Crippen molar-refractivity contribution in [3.8, 4) is 5.75 Å². The van der Waals surface area contributed by atoms with Crippen LogP contribution < -0.4 is 20.3 Å². The smallest absolute Gasteiger partial charge is 0.319 e. The lowest BCUT2D eigenvalue weighted by molar-refractivity contribution is 0.162. The maximum atomic E-state index is 13.2. The van der Waals surface area contributed by atoms with E-state index >= 15 is 0 Å². The van der Waals surface area contributed by atoms with Gasteiger partial charge in [0.15, 0.2) is 0 Å². The lowest BCUT2D eigenvalue weighted by Gasteiger charge is -2.39. The largest absolute Gasteiger partial charge is 0.495 e. The van der Waals surface area contributed by atoms with Crippen molar-refractivity contribution in [2.75, 3.05) is 50.1 Å². The van der Waals surface area contributed by atoms with Crippen LogP contribution in [0.2, 0.25) is 0 Å². The van der Waals surface area contributed by atoms with Gasteiger partial charge in [-0.2, -0.15) is 0 Å². The molecule has 1 unspecified atom stereocenters. The Bertz CT molecular complexity index is 1000. The third kappa shape index (κ3) is 5.20. The molecule has 7 nitrogen and oxygen atoms in total. The fourth-order valence-electron chi connectivity index (χ4n) is 3.94. The van der Waals surface area contributed by atoms with E-state index in [1.807, 2.05) is 24.3 Å². The Kier molecular flexibility index (Phi) is 6.91. The molecule has 0 spiro atoms. The number of hydrogen-bond acceptors (Lipinski definition) is 5. The number of hydrogen-bond donors (Lipinski definition) is 2. The van der Waals surface area contributed by atoms with Crippen molar-refractivity contribution in [1.29, 1.82) is 0 Å². The van der Waals surface area contributed by atoms with E-state index in [0.29, 0.717) is 18.0 Å². The van der Waals surface area contributed by atoms with Crippen molar-refractivity contribution in [3.63, 3.8) is 0 Å². The molecule has 1 saturated heterocycles. The van der Waals surface area contributed by atoms with Gasteiger partial charge in [0.05, 0.1) is 25.1 Å². The van der Waals surface area contributed by atoms with Gasteiger partial charge in [0.2, 0.25) is 0 Å². The van der Waals surface area contributed by atoms with Gasteiger partial charge in [-0.05, 0) is 48.5 Å². The Balaban J connectivity index is 1.37. The Morgan fingerprint density at radius 1 is 1.06 bits per heavy atom. The number of ether oxygens (including phenoxy) is 1. The molecule has 4 rings (SSSR count). The highest BCUT2D eigenvalue weighted by Crippen LogP contribution is 2.25. The minimum atomic E-state index is -0.309. The van der Waals surface area contributed by atoms with Crippen molar-refractivity contribution < 1.29 is 18.3 Å². The summed E-state index contributed by atoms with van der Waals surface area (Å²) in [7, 11) is 1.57. The summed E-state index contributed by atoms with van der Waals surface area (Å²) >= 11 is 0. The van der Waals surface area contributed by atoms with Crippen molar-refractivity contribution >= 4 is 17.4 Å². The van der Waals surface area contributed by atoms with Crippen LogP contribution >= 0.6 is 0 Å². The number of anilines is 2. The van der Waals surface area contributed by atoms with E-state index in [9.17, 15) is 9.18 Å². The normalized spacial score (nSPS) is 15.2. The van der Waals surface area contributed by atoms with Gasteiger partial charge < -0.3 is 24.7 Å². The Morgan fingerprint density at radius 3 is 2.50 bits per heavy atom. The van der Waals surface area contributed by atoms with E-state index in [2.05, 4.69) is 20.4 Å². The van der Waals surface area contributed by atoms with Gasteiger partial charge in [-0.15, -0.1) is 0 Å². The van der Waals surface area contributed by atoms with Gasteiger partial charge in [-0.25, -0.2) is 9.18 Å². The fourth-order valence-corrected chi connectivity index (χ4v) is 3.94. The average molecular weight is 439 g/mol. The van der Waals surface area contributed by atoms with E-state index in [1.165, 1.54) is 12.1 Å². The molecule has 2 heterocycles. The Morgan fingerprint density at radius 2 is 1.81 bits per heavy atom. The van der Waals surface area contributed by atoms with E-state index in [1.54, 1.807) is 37.6 Å². The van der Waals surface area contributed by atoms with Crippen LogP contribution in [0.5, 0.6) is 5.75 Å². The highest BCUT2D eigenvalue weighted by atomic mass is 19.1. The van der Waals surface area contributed by atoms with Gasteiger partial charge >= 0.3 is 6.03 Å². The third-order valence-electron chi connectivity index (χ3n) is 5.63. The van der Waals surface area contributed by atoms with Crippen LogP contribution in [-0.2, 0) is 0 Å².